The Morgan fingerprint density at radius 1 is 0.697 bits per heavy atom. The largest absolute Gasteiger partial charge is 0.493 e. The summed E-state index contributed by atoms with van der Waals surface area (Å²) >= 11 is 0. The Hall–Kier alpha value is -3.82. The van der Waals surface area contributed by atoms with Crippen molar-refractivity contribution in [2.45, 2.75) is 33.1 Å². The number of benzene rings is 2. The van der Waals surface area contributed by atoms with Crippen LogP contribution in [0.15, 0.2) is 24.3 Å². The highest BCUT2D eigenvalue weighted by molar-refractivity contribution is 5.95. The highest BCUT2D eigenvalue weighted by Gasteiger charge is 2.16. The molecule has 0 heterocycles. The highest BCUT2D eigenvalue weighted by Crippen LogP contribution is 2.33. The van der Waals surface area contributed by atoms with Crippen LogP contribution in [-0.4, -0.2) is 49.6 Å². The monoisotopic (exact) mass is 464 g/mol. The zero-order valence-corrected chi connectivity index (χ0v) is 19.3. The number of rotatable bonds is 12. The van der Waals surface area contributed by atoms with E-state index in [-0.39, 0.29) is 22.5 Å². The van der Waals surface area contributed by atoms with Crippen molar-refractivity contribution < 1.29 is 38.7 Å². The average Bonchev–Trinajstić information content (AvgIpc) is 2.79. The number of anilines is 2. The number of carbonyl (C=O) groups is 2. The predicted octanol–water partition coefficient (Wildman–Crippen LogP) is 3.92. The van der Waals surface area contributed by atoms with Gasteiger partial charge in [0.2, 0.25) is 0 Å². The zero-order valence-electron chi connectivity index (χ0n) is 19.3. The Morgan fingerprint density at radius 2 is 1.06 bits per heavy atom. The van der Waals surface area contributed by atoms with Crippen molar-refractivity contribution in [2.24, 2.45) is 0 Å². The molecule has 10 nitrogen and oxygen atoms in total. The fourth-order valence-corrected chi connectivity index (χ4v) is 2.81. The molecule has 0 saturated heterocycles. The van der Waals surface area contributed by atoms with Crippen LogP contribution >= 0.6 is 0 Å². The number of ether oxygens (including phenoxy) is 4. The van der Waals surface area contributed by atoms with Crippen LogP contribution in [0.2, 0.25) is 0 Å². The number of nitrogen functional groups attached to an aromatic ring is 2. The van der Waals surface area contributed by atoms with E-state index < -0.39 is 11.9 Å². The molecule has 0 unspecified atom stereocenters. The third-order valence-electron chi connectivity index (χ3n) is 4.44. The van der Waals surface area contributed by atoms with Gasteiger partial charge in [-0.15, -0.1) is 0 Å². The van der Waals surface area contributed by atoms with Crippen LogP contribution in [0, 0.1) is 0 Å². The third-order valence-corrected chi connectivity index (χ3v) is 4.44. The number of hydrogen-bond donors (Lipinski definition) is 4. The smallest absolute Gasteiger partial charge is 0.337 e. The maximum atomic E-state index is 11.1. The average molecular weight is 465 g/mol. The Kier molecular flexibility index (Phi) is 11.2. The van der Waals surface area contributed by atoms with E-state index in [1.807, 2.05) is 13.8 Å². The van der Waals surface area contributed by atoms with Gasteiger partial charge in [0, 0.05) is 24.3 Å². The maximum absolute atomic E-state index is 11.1. The van der Waals surface area contributed by atoms with E-state index in [2.05, 4.69) is 0 Å². The van der Waals surface area contributed by atoms with Crippen LogP contribution in [0.1, 0.15) is 53.8 Å². The first-order valence-electron chi connectivity index (χ1n) is 10.5. The molecule has 0 radical (unpaired) electrons. The molecule has 0 amide bonds. The zero-order chi connectivity index (χ0) is 25.0. The third kappa shape index (κ3) is 7.67. The SMILES string of the molecule is CC.COc1cc(C(=O)O)c(N)cc1OCCCCCOc1cc(N)c(C(=O)O)cc1OC. The lowest BCUT2D eigenvalue weighted by Gasteiger charge is -2.14. The molecule has 2 aromatic rings. The van der Waals surface area contributed by atoms with E-state index in [0.717, 1.165) is 6.42 Å². The van der Waals surface area contributed by atoms with Crippen molar-refractivity contribution in [2.75, 3.05) is 38.9 Å². The molecule has 0 aliphatic rings. The summed E-state index contributed by atoms with van der Waals surface area (Å²) in [6.07, 6.45) is 2.21. The second-order valence-electron chi connectivity index (χ2n) is 6.55. The summed E-state index contributed by atoms with van der Waals surface area (Å²) in [4.78, 5) is 22.3. The van der Waals surface area contributed by atoms with Gasteiger partial charge in [-0.2, -0.15) is 0 Å². The van der Waals surface area contributed by atoms with Crippen LogP contribution in [0.5, 0.6) is 23.0 Å². The number of carboxylic acids is 2. The van der Waals surface area contributed by atoms with Gasteiger partial charge in [-0.25, -0.2) is 9.59 Å². The molecule has 10 heteroatoms. The first-order chi connectivity index (χ1) is 15.8. The summed E-state index contributed by atoms with van der Waals surface area (Å²) in [5, 5.41) is 18.2. The fourth-order valence-electron chi connectivity index (χ4n) is 2.81. The molecule has 0 bridgehead atoms. The number of unbranched alkanes of at least 4 members (excludes halogenated alkanes) is 2. The Morgan fingerprint density at radius 3 is 1.36 bits per heavy atom. The van der Waals surface area contributed by atoms with E-state index in [1.54, 1.807) is 0 Å². The van der Waals surface area contributed by atoms with E-state index in [1.165, 1.54) is 38.5 Å². The Balaban J connectivity index is 0.00000265. The van der Waals surface area contributed by atoms with E-state index >= 15 is 0 Å². The first-order valence-corrected chi connectivity index (χ1v) is 10.5. The van der Waals surface area contributed by atoms with Crippen molar-refractivity contribution in [1.29, 1.82) is 0 Å². The van der Waals surface area contributed by atoms with Gasteiger partial charge >= 0.3 is 11.9 Å². The molecule has 0 saturated carbocycles. The minimum Gasteiger partial charge on any atom is -0.493 e. The lowest BCUT2D eigenvalue weighted by Crippen LogP contribution is -2.07. The summed E-state index contributed by atoms with van der Waals surface area (Å²) in [7, 11) is 2.84. The van der Waals surface area contributed by atoms with E-state index in [0.29, 0.717) is 49.1 Å². The molecule has 0 atom stereocenters. The Bertz CT molecular complexity index is 871. The van der Waals surface area contributed by atoms with Gasteiger partial charge in [0.05, 0.1) is 49.9 Å². The van der Waals surface area contributed by atoms with Crippen molar-refractivity contribution in [3.63, 3.8) is 0 Å². The standard InChI is InChI=1S/C21H26N2O8.C2H6/c1-28-16-8-12(20(24)25)14(22)10-18(16)30-6-4-3-5-7-31-19-11-15(23)13(21(26)27)9-17(19)29-2;1-2/h8-11H,3-7,22-23H2,1-2H3,(H,24,25)(H,26,27);1-2H3. The molecular weight excluding hydrogens is 432 g/mol. The second kappa shape index (κ2) is 13.6. The summed E-state index contributed by atoms with van der Waals surface area (Å²) in [6.45, 7) is 4.76. The van der Waals surface area contributed by atoms with Crippen molar-refractivity contribution in [3.8, 4) is 23.0 Å². The van der Waals surface area contributed by atoms with Crippen LogP contribution in [-0.2, 0) is 0 Å². The number of methoxy groups -OCH3 is 2. The molecule has 182 valence electrons. The highest BCUT2D eigenvalue weighted by atomic mass is 16.5. The van der Waals surface area contributed by atoms with Crippen molar-refractivity contribution >= 4 is 23.3 Å². The lowest BCUT2D eigenvalue weighted by atomic mass is 10.1. The van der Waals surface area contributed by atoms with Gasteiger partial charge in [-0.3, -0.25) is 0 Å². The summed E-state index contributed by atoms with van der Waals surface area (Å²) in [5.74, 6) is -0.939. The molecule has 33 heavy (non-hydrogen) atoms. The molecule has 0 aliphatic heterocycles. The number of nitrogens with two attached hydrogens (primary N) is 2. The quantitative estimate of drug-likeness (QED) is 0.267. The van der Waals surface area contributed by atoms with Crippen LogP contribution in [0.4, 0.5) is 11.4 Å². The maximum Gasteiger partial charge on any atom is 0.337 e. The van der Waals surface area contributed by atoms with Gasteiger partial charge in [0.1, 0.15) is 0 Å². The Labute approximate surface area is 193 Å². The number of carboxylic acid groups (broad SMARTS) is 2. The van der Waals surface area contributed by atoms with Gasteiger partial charge < -0.3 is 40.6 Å². The van der Waals surface area contributed by atoms with E-state index in [9.17, 15) is 9.59 Å². The first kappa shape index (κ1) is 27.2. The summed E-state index contributed by atoms with van der Waals surface area (Å²) in [5.41, 5.74) is 11.6. The van der Waals surface area contributed by atoms with Gasteiger partial charge in [0.15, 0.2) is 23.0 Å². The van der Waals surface area contributed by atoms with Gasteiger partial charge in [0.25, 0.3) is 0 Å². The van der Waals surface area contributed by atoms with Crippen molar-refractivity contribution in [3.05, 3.63) is 35.4 Å². The number of aromatic carboxylic acids is 2. The summed E-state index contributed by atoms with van der Waals surface area (Å²) in [6, 6.07) is 5.52. The lowest BCUT2D eigenvalue weighted by molar-refractivity contribution is 0.0686. The second-order valence-corrected chi connectivity index (χ2v) is 6.55. The molecular formula is C23H32N2O8. The van der Waals surface area contributed by atoms with Gasteiger partial charge in [-0.05, 0) is 19.3 Å². The van der Waals surface area contributed by atoms with Crippen LogP contribution < -0.4 is 30.4 Å². The normalized spacial score (nSPS) is 9.94. The molecule has 2 aromatic carbocycles. The molecule has 0 aromatic heterocycles. The molecule has 6 N–H and O–H groups in total. The number of hydrogen-bond acceptors (Lipinski definition) is 8. The van der Waals surface area contributed by atoms with E-state index in [4.69, 9.17) is 40.6 Å². The minimum atomic E-state index is -1.14. The predicted molar refractivity (Wildman–Crippen MR) is 125 cm³/mol. The van der Waals surface area contributed by atoms with Crippen LogP contribution in [0.3, 0.4) is 0 Å². The molecule has 0 aliphatic carbocycles. The fraction of sp³-hybridized carbons (Fsp3) is 0.391. The van der Waals surface area contributed by atoms with Crippen LogP contribution in [0.25, 0.3) is 0 Å². The van der Waals surface area contributed by atoms with Crippen molar-refractivity contribution in [1.82, 2.24) is 0 Å². The topological polar surface area (TPSA) is 164 Å². The minimum absolute atomic E-state index is 0.0474. The molecule has 0 spiro atoms. The molecule has 0 fully saturated rings. The molecule has 2 rings (SSSR count). The van der Waals surface area contributed by atoms with Gasteiger partial charge in [-0.1, -0.05) is 13.8 Å². The summed E-state index contributed by atoms with van der Waals surface area (Å²) < 4.78 is 21.7.